The third-order valence-electron chi connectivity index (χ3n) is 7.34. The summed E-state index contributed by atoms with van der Waals surface area (Å²) in [7, 11) is 0. The van der Waals surface area contributed by atoms with Crippen molar-refractivity contribution in [3.05, 3.63) is 59.1 Å². The quantitative estimate of drug-likeness (QED) is 0.562. The van der Waals surface area contributed by atoms with Crippen molar-refractivity contribution in [1.82, 2.24) is 20.5 Å². The lowest BCUT2D eigenvalue weighted by molar-refractivity contribution is -0.129. The number of benzene rings is 1. The van der Waals surface area contributed by atoms with Gasteiger partial charge in [-0.05, 0) is 56.9 Å². The second-order valence-electron chi connectivity index (χ2n) is 11.2. The molecule has 2 aliphatic heterocycles. The van der Waals surface area contributed by atoms with Crippen LogP contribution in [0.4, 0.5) is 10.1 Å². The molecule has 2 amide bonds. The molecule has 3 atom stereocenters. The normalized spacial score (nSPS) is 23.2. The molecular formula is C28H37ClFN5O2. The van der Waals surface area contributed by atoms with Crippen LogP contribution in [-0.4, -0.2) is 59.5 Å². The van der Waals surface area contributed by atoms with Gasteiger partial charge in [-0.2, -0.15) is 0 Å². The van der Waals surface area contributed by atoms with Gasteiger partial charge in [0.05, 0.1) is 41.1 Å². The van der Waals surface area contributed by atoms with Crippen LogP contribution in [0.1, 0.15) is 52.3 Å². The number of hydrogen-bond acceptors (Lipinski definition) is 5. The molecule has 37 heavy (non-hydrogen) atoms. The number of piperidine rings is 1. The van der Waals surface area contributed by atoms with E-state index in [1.54, 1.807) is 17.0 Å². The van der Waals surface area contributed by atoms with Crippen molar-refractivity contribution >= 4 is 29.1 Å². The molecule has 2 saturated heterocycles. The van der Waals surface area contributed by atoms with Crippen molar-refractivity contribution in [2.24, 2.45) is 11.8 Å². The van der Waals surface area contributed by atoms with Gasteiger partial charge in [0, 0.05) is 31.2 Å². The molecule has 2 aliphatic rings. The van der Waals surface area contributed by atoms with E-state index in [-0.39, 0.29) is 41.9 Å². The maximum absolute atomic E-state index is 13.4. The van der Waals surface area contributed by atoms with Gasteiger partial charge in [0.2, 0.25) is 11.8 Å². The first kappa shape index (κ1) is 27.5. The Morgan fingerprint density at radius 1 is 1.24 bits per heavy atom. The monoisotopic (exact) mass is 529 g/mol. The van der Waals surface area contributed by atoms with Gasteiger partial charge in [-0.25, -0.2) is 4.39 Å². The molecule has 2 N–H and O–H groups in total. The van der Waals surface area contributed by atoms with Crippen LogP contribution in [-0.2, 0) is 9.59 Å². The molecule has 2 aromatic rings. The summed E-state index contributed by atoms with van der Waals surface area (Å²) >= 11 is 6.39. The fourth-order valence-corrected chi connectivity index (χ4v) is 5.73. The van der Waals surface area contributed by atoms with Crippen LogP contribution in [0.5, 0.6) is 0 Å². The Hall–Kier alpha value is -2.55. The minimum atomic E-state index is -0.399. The van der Waals surface area contributed by atoms with Crippen LogP contribution in [0.15, 0.2) is 42.6 Å². The first-order valence-corrected chi connectivity index (χ1v) is 13.4. The van der Waals surface area contributed by atoms with Crippen molar-refractivity contribution in [1.29, 1.82) is 0 Å². The van der Waals surface area contributed by atoms with E-state index in [9.17, 15) is 14.0 Å². The van der Waals surface area contributed by atoms with Crippen LogP contribution < -0.4 is 15.5 Å². The van der Waals surface area contributed by atoms with Gasteiger partial charge in [0.15, 0.2) is 0 Å². The summed E-state index contributed by atoms with van der Waals surface area (Å²) in [5.41, 5.74) is 1.08. The molecule has 0 saturated carbocycles. The zero-order valence-corrected chi connectivity index (χ0v) is 22.8. The number of hydrogen-bond donors (Lipinski definition) is 2. The number of amides is 2. The van der Waals surface area contributed by atoms with E-state index in [2.05, 4.69) is 48.2 Å². The number of para-hydroxylation sites is 1. The second kappa shape index (κ2) is 11.5. The van der Waals surface area contributed by atoms with Gasteiger partial charge in [-0.15, -0.1) is 0 Å². The summed E-state index contributed by atoms with van der Waals surface area (Å²) in [5, 5.41) is 7.14. The van der Waals surface area contributed by atoms with E-state index < -0.39 is 5.82 Å². The molecule has 7 nitrogen and oxygen atoms in total. The molecule has 0 aliphatic carbocycles. The number of aromatic nitrogens is 1. The van der Waals surface area contributed by atoms with Crippen LogP contribution in [0, 0.1) is 17.7 Å². The van der Waals surface area contributed by atoms with Crippen LogP contribution in [0.3, 0.4) is 0 Å². The van der Waals surface area contributed by atoms with Gasteiger partial charge in [0.1, 0.15) is 5.82 Å². The third kappa shape index (κ3) is 6.48. The summed E-state index contributed by atoms with van der Waals surface area (Å²) in [6, 6.07) is 10.2. The molecule has 2 fully saturated rings. The summed E-state index contributed by atoms with van der Waals surface area (Å²) in [6.07, 6.45) is 2.54. The second-order valence-corrected chi connectivity index (χ2v) is 11.6. The minimum Gasteiger partial charge on any atom is -0.347 e. The smallest absolute Gasteiger partial charge is 0.241 e. The van der Waals surface area contributed by atoms with E-state index in [1.807, 2.05) is 18.2 Å². The Morgan fingerprint density at radius 2 is 2.00 bits per heavy atom. The van der Waals surface area contributed by atoms with Crippen molar-refractivity contribution < 1.29 is 14.0 Å². The fourth-order valence-electron chi connectivity index (χ4n) is 5.49. The Morgan fingerprint density at radius 3 is 2.68 bits per heavy atom. The number of pyridine rings is 1. The summed E-state index contributed by atoms with van der Waals surface area (Å²) in [4.78, 5) is 34.8. The topological polar surface area (TPSA) is 77.6 Å². The van der Waals surface area contributed by atoms with E-state index in [1.165, 1.54) is 12.3 Å². The predicted octanol–water partition coefficient (Wildman–Crippen LogP) is 4.18. The maximum Gasteiger partial charge on any atom is 0.241 e. The minimum absolute atomic E-state index is 0.00150. The summed E-state index contributed by atoms with van der Waals surface area (Å²) in [6.45, 7) is 10.5. The first-order valence-electron chi connectivity index (χ1n) is 13.0. The SMILES string of the molecule is CC(C)CC(NC(=O)[C@@H]1CNCC(N2CC(=O)N(c3ccccc3Cl)CC2(C)C)C1)c1ccc(F)cn1. The number of nitrogens with one attached hydrogen (secondary N) is 2. The number of rotatable bonds is 7. The molecular weight excluding hydrogens is 493 g/mol. The molecule has 0 spiro atoms. The number of carbonyl (C=O) groups is 2. The Labute approximate surface area is 223 Å². The molecule has 2 unspecified atom stereocenters. The zero-order valence-electron chi connectivity index (χ0n) is 22.0. The lowest BCUT2D eigenvalue weighted by atomic mass is 9.88. The summed E-state index contributed by atoms with van der Waals surface area (Å²) in [5.74, 6) is -0.368. The van der Waals surface area contributed by atoms with Gasteiger partial charge in [-0.1, -0.05) is 37.6 Å². The van der Waals surface area contributed by atoms with Crippen molar-refractivity contribution in [2.45, 2.75) is 58.2 Å². The molecule has 4 rings (SSSR count). The van der Waals surface area contributed by atoms with Gasteiger partial charge >= 0.3 is 0 Å². The standard InChI is InChI=1S/C28H37ClFN5O2/c1-18(2)11-24(23-10-9-20(30)14-32-23)33-27(37)19-12-21(15-31-13-19)35-16-26(36)34(17-28(35,3)4)25-8-6-5-7-22(25)29/h5-10,14,18-19,21,24,31H,11-13,15-17H2,1-4H3,(H,33,37)/t19-,21?,24?/m0/s1. The number of nitrogens with zero attached hydrogens (tertiary/aromatic N) is 3. The summed E-state index contributed by atoms with van der Waals surface area (Å²) < 4.78 is 13.4. The molecule has 1 aromatic heterocycles. The van der Waals surface area contributed by atoms with E-state index in [4.69, 9.17) is 11.6 Å². The number of piperazine rings is 1. The molecule has 0 bridgehead atoms. The van der Waals surface area contributed by atoms with Crippen LogP contribution in [0.25, 0.3) is 0 Å². The van der Waals surface area contributed by atoms with Crippen molar-refractivity contribution in [3.8, 4) is 0 Å². The van der Waals surface area contributed by atoms with E-state index >= 15 is 0 Å². The fraction of sp³-hybridized carbons (Fsp3) is 0.536. The van der Waals surface area contributed by atoms with Gasteiger partial charge < -0.3 is 15.5 Å². The van der Waals surface area contributed by atoms with E-state index in [0.717, 1.165) is 5.69 Å². The highest BCUT2D eigenvalue weighted by Crippen LogP contribution is 2.34. The van der Waals surface area contributed by atoms with Crippen LogP contribution in [0.2, 0.25) is 5.02 Å². The average molecular weight is 530 g/mol. The Balaban J connectivity index is 1.45. The number of anilines is 1. The van der Waals surface area contributed by atoms with Crippen molar-refractivity contribution in [3.63, 3.8) is 0 Å². The molecule has 1 aromatic carbocycles. The average Bonchev–Trinajstić information content (AvgIpc) is 2.85. The maximum atomic E-state index is 13.4. The highest BCUT2D eigenvalue weighted by molar-refractivity contribution is 6.33. The highest BCUT2D eigenvalue weighted by Gasteiger charge is 2.44. The number of carbonyl (C=O) groups excluding carboxylic acids is 2. The van der Waals surface area contributed by atoms with E-state index in [0.29, 0.717) is 49.1 Å². The molecule has 200 valence electrons. The molecule has 0 radical (unpaired) electrons. The van der Waals surface area contributed by atoms with Crippen molar-refractivity contribution in [2.75, 3.05) is 31.1 Å². The zero-order chi connectivity index (χ0) is 26.7. The number of halogens is 2. The predicted molar refractivity (Wildman–Crippen MR) is 144 cm³/mol. The largest absolute Gasteiger partial charge is 0.347 e. The Kier molecular flexibility index (Phi) is 8.51. The Bertz CT molecular complexity index is 1110. The lowest BCUT2D eigenvalue weighted by Crippen LogP contribution is -2.67. The highest BCUT2D eigenvalue weighted by atomic mass is 35.5. The molecule has 9 heteroatoms. The van der Waals surface area contributed by atoms with Gasteiger partial charge in [0.25, 0.3) is 0 Å². The van der Waals surface area contributed by atoms with Gasteiger partial charge in [-0.3, -0.25) is 19.5 Å². The third-order valence-corrected chi connectivity index (χ3v) is 7.66. The molecule has 3 heterocycles. The first-order chi connectivity index (χ1) is 17.5. The lowest BCUT2D eigenvalue weighted by Gasteiger charge is -2.51. The van der Waals surface area contributed by atoms with Crippen LogP contribution >= 0.6 is 11.6 Å².